The molecule has 1 aliphatic carbocycles. The fourth-order valence-electron chi connectivity index (χ4n) is 3.52. The van der Waals surface area contributed by atoms with Crippen molar-refractivity contribution in [3.63, 3.8) is 0 Å². The number of aromatic nitrogens is 2. The first-order valence-electron chi connectivity index (χ1n) is 7.29. The maximum absolute atomic E-state index is 12.8. The number of hydrogen-bond acceptors (Lipinski definition) is 4. The van der Waals surface area contributed by atoms with Crippen molar-refractivity contribution >= 4 is 23.5 Å². The summed E-state index contributed by atoms with van der Waals surface area (Å²) in [5, 5.41) is 2.63. The number of hydrogen-bond donors (Lipinski definition) is 0. The molecule has 0 spiro atoms. The first kappa shape index (κ1) is 12.3. The minimum absolute atomic E-state index is 0.272. The van der Waals surface area contributed by atoms with E-state index >= 15 is 0 Å². The molecule has 5 heteroatoms. The second-order valence-electron chi connectivity index (χ2n) is 5.67. The van der Waals surface area contributed by atoms with E-state index in [1.54, 1.807) is 11.8 Å². The zero-order chi connectivity index (χ0) is 12.8. The Hall–Kier alpha value is -0.420. The van der Waals surface area contributed by atoms with Crippen molar-refractivity contribution in [2.24, 2.45) is 0 Å². The molecule has 1 saturated carbocycles. The van der Waals surface area contributed by atoms with Crippen LogP contribution < -0.4 is 5.56 Å². The van der Waals surface area contributed by atoms with Crippen molar-refractivity contribution in [2.75, 3.05) is 5.75 Å². The molecule has 1 aromatic heterocycles. The summed E-state index contributed by atoms with van der Waals surface area (Å²) in [7, 11) is 0. The largest absolute Gasteiger partial charge is 0.287 e. The number of rotatable bonds is 0. The molecule has 3 nitrogen and oxygen atoms in total. The standard InChI is InChI=1S/C14H18N2OS2/c17-13-11-9-5-2-1-3-6-10(9)19-12(11)15-14-16(13)7-4-8-18-14/h9-10H,1-8H2. The molecule has 0 radical (unpaired) electrons. The molecule has 0 saturated heterocycles. The third-order valence-electron chi connectivity index (χ3n) is 4.48. The molecule has 0 N–H and O–H groups in total. The van der Waals surface area contributed by atoms with E-state index in [9.17, 15) is 4.79 Å². The van der Waals surface area contributed by atoms with Crippen molar-refractivity contribution in [3.8, 4) is 0 Å². The van der Waals surface area contributed by atoms with Crippen LogP contribution in [-0.2, 0) is 6.54 Å². The van der Waals surface area contributed by atoms with Crippen molar-refractivity contribution in [1.29, 1.82) is 0 Å². The van der Waals surface area contributed by atoms with Gasteiger partial charge in [0.25, 0.3) is 5.56 Å². The number of thioether (sulfide) groups is 2. The minimum atomic E-state index is 0.272. The maximum Gasteiger partial charge on any atom is 0.258 e. The predicted octanol–water partition coefficient (Wildman–Crippen LogP) is 3.26. The lowest BCUT2D eigenvalue weighted by atomic mass is 9.93. The Balaban J connectivity index is 1.84. The van der Waals surface area contributed by atoms with E-state index in [1.165, 1.54) is 32.1 Å². The van der Waals surface area contributed by atoms with E-state index < -0.39 is 0 Å². The molecule has 2 atom stereocenters. The fraction of sp³-hybridized carbons (Fsp3) is 0.714. The van der Waals surface area contributed by atoms with Crippen LogP contribution in [0.25, 0.3) is 0 Å². The highest BCUT2D eigenvalue weighted by Gasteiger charge is 2.38. The molecular formula is C14H18N2OS2. The summed E-state index contributed by atoms with van der Waals surface area (Å²) in [5.74, 6) is 1.58. The summed E-state index contributed by atoms with van der Waals surface area (Å²) in [4.78, 5) is 17.6. The first-order chi connectivity index (χ1) is 9.34. The highest BCUT2D eigenvalue weighted by atomic mass is 32.2. The average Bonchev–Trinajstić information content (AvgIpc) is 2.62. The van der Waals surface area contributed by atoms with Crippen molar-refractivity contribution in [3.05, 3.63) is 15.9 Å². The van der Waals surface area contributed by atoms with Gasteiger partial charge >= 0.3 is 0 Å². The lowest BCUT2D eigenvalue weighted by molar-refractivity contribution is 0.522. The van der Waals surface area contributed by atoms with Crippen LogP contribution in [-0.4, -0.2) is 20.6 Å². The van der Waals surface area contributed by atoms with Crippen molar-refractivity contribution in [2.45, 2.75) is 66.4 Å². The van der Waals surface area contributed by atoms with Crippen LogP contribution in [0.5, 0.6) is 0 Å². The van der Waals surface area contributed by atoms with Gasteiger partial charge in [0, 0.05) is 23.5 Å². The summed E-state index contributed by atoms with van der Waals surface area (Å²) >= 11 is 3.63. The zero-order valence-corrected chi connectivity index (χ0v) is 12.6. The predicted molar refractivity (Wildman–Crippen MR) is 79.3 cm³/mol. The Morgan fingerprint density at radius 1 is 1.16 bits per heavy atom. The van der Waals surface area contributed by atoms with E-state index in [0.29, 0.717) is 11.2 Å². The molecule has 3 aliphatic rings. The molecule has 4 rings (SSSR count). The van der Waals surface area contributed by atoms with Crippen LogP contribution in [0.2, 0.25) is 0 Å². The van der Waals surface area contributed by atoms with Gasteiger partial charge in [-0.15, -0.1) is 11.8 Å². The summed E-state index contributed by atoms with van der Waals surface area (Å²) in [6.45, 7) is 0.865. The van der Waals surface area contributed by atoms with E-state index in [4.69, 9.17) is 4.98 Å². The lowest BCUT2D eigenvalue weighted by Crippen LogP contribution is -2.30. The maximum atomic E-state index is 12.8. The third-order valence-corrected chi connectivity index (χ3v) is 6.94. The topological polar surface area (TPSA) is 34.9 Å². The SMILES string of the molecule is O=c1c2c(nc3n1CCCS3)SC1CCCCCC21. The Morgan fingerprint density at radius 3 is 3.00 bits per heavy atom. The molecule has 1 aromatic rings. The monoisotopic (exact) mass is 294 g/mol. The average molecular weight is 294 g/mol. The first-order valence-corrected chi connectivity index (χ1v) is 9.15. The quantitative estimate of drug-likeness (QED) is 0.543. The third kappa shape index (κ3) is 1.97. The molecular weight excluding hydrogens is 276 g/mol. The molecule has 2 unspecified atom stereocenters. The van der Waals surface area contributed by atoms with Crippen LogP contribution in [0.3, 0.4) is 0 Å². The van der Waals surface area contributed by atoms with Gasteiger partial charge in [0.1, 0.15) is 5.03 Å². The van der Waals surface area contributed by atoms with Gasteiger partial charge in [0.2, 0.25) is 0 Å². The van der Waals surface area contributed by atoms with Crippen LogP contribution >= 0.6 is 23.5 Å². The molecule has 0 bridgehead atoms. The molecule has 1 fully saturated rings. The molecule has 3 heterocycles. The van der Waals surface area contributed by atoms with Crippen LogP contribution in [0.1, 0.15) is 50.0 Å². The lowest BCUT2D eigenvalue weighted by Gasteiger charge is -2.19. The van der Waals surface area contributed by atoms with Gasteiger partial charge in [-0.05, 0) is 19.3 Å². The highest BCUT2D eigenvalue weighted by Crippen LogP contribution is 2.49. The van der Waals surface area contributed by atoms with Gasteiger partial charge in [-0.25, -0.2) is 4.98 Å². The van der Waals surface area contributed by atoms with Gasteiger partial charge in [-0.3, -0.25) is 9.36 Å². The van der Waals surface area contributed by atoms with E-state index in [2.05, 4.69) is 0 Å². The Morgan fingerprint density at radius 2 is 2.05 bits per heavy atom. The fourth-order valence-corrected chi connectivity index (χ4v) is 6.03. The number of fused-ring (bicyclic) bond motifs is 4. The molecule has 0 amide bonds. The molecule has 19 heavy (non-hydrogen) atoms. The van der Waals surface area contributed by atoms with Gasteiger partial charge in [0.05, 0.1) is 5.56 Å². The Kier molecular flexibility index (Phi) is 3.14. The zero-order valence-electron chi connectivity index (χ0n) is 10.9. The van der Waals surface area contributed by atoms with E-state index in [0.717, 1.165) is 34.5 Å². The van der Waals surface area contributed by atoms with Crippen LogP contribution in [0.15, 0.2) is 15.0 Å². The van der Waals surface area contributed by atoms with Crippen molar-refractivity contribution < 1.29 is 0 Å². The summed E-state index contributed by atoms with van der Waals surface area (Å²) in [5.41, 5.74) is 1.33. The summed E-state index contributed by atoms with van der Waals surface area (Å²) in [6, 6.07) is 0. The second-order valence-corrected chi connectivity index (χ2v) is 7.96. The van der Waals surface area contributed by atoms with E-state index in [-0.39, 0.29) is 5.56 Å². The van der Waals surface area contributed by atoms with Crippen LogP contribution in [0.4, 0.5) is 0 Å². The second kappa shape index (κ2) is 4.85. The minimum Gasteiger partial charge on any atom is -0.287 e. The Bertz CT molecular complexity index is 569. The summed E-state index contributed by atoms with van der Waals surface area (Å²) in [6.07, 6.45) is 7.47. The van der Waals surface area contributed by atoms with Gasteiger partial charge in [-0.2, -0.15) is 0 Å². The Labute approximate surface area is 121 Å². The van der Waals surface area contributed by atoms with Crippen LogP contribution in [0, 0.1) is 0 Å². The smallest absolute Gasteiger partial charge is 0.258 e. The van der Waals surface area contributed by atoms with Gasteiger partial charge in [-0.1, -0.05) is 31.0 Å². The normalized spacial score (nSPS) is 29.3. The summed E-state index contributed by atoms with van der Waals surface area (Å²) < 4.78 is 1.93. The van der Waals surface area contributed by atoms with Gasteiger partial charge in [0.15, 0.2) is 5.16 Å². The molecule has 2 aliphatic heterocycles. The molecule has 102 valence electrons. The van der Waals surface area contributed by atoms with E-state index in [1.807, 2.05) is 16.3 Å². The van der Waals surface area contributed by atoms with Gasteiger partial charge < -0.3 is 0 Å². The number of nitrogens with zero attached hydrogens (tertiary/aromatic N) is 2. The highest BCUT2D eigenvalue weighted by molar-refractivity contribution is 8.00. The van der Waals surface area contributed by atoms with Crippen molar-refractivity contribution in [1.82, 2.24) is 9.55 Å². The molecule has 0 aromatic carbocycles.